The Kier molecular flexibility index (Phi) is 4.67. The molecule has 0 aromatic carbocycles. The van der Waals surface area contributed by atoms with Gasteiger partial charge in [-0.05, 0) is 87.8 Å². The maximum atomic E-state index is 12.5. The summed E-state index contributed by atoms with van der Waals surface area (Å²) in [5.74, 6) is 2.64. The van der Waals surface area contributed by atoms with E-state index in [-0.39, 0.29) is 11.3 Å². The van der Waals surface area contributed by atoms with Gasteiger partial charge in [0.25, 0.3) is 0 Å². The first-order chi connectivity index (χ1) is 12.5. The molecule has 26 heavy (non-hydrogen) atoms. The van der Waals surface area contributed by atoms with E-state index >= 15 is 0 Å². The van der Waals surface area contributed by atoms with Gasteiger partial charge in [-0.1, -0.05) is 0 Å². The third-order valence-corrected chi connectivity index (χ3v) is 6.87. The van der Waals surface area contributed by atoms with Crippen LogP contribution in [-0.4, -0.2) is 20.8 Å². The van der Waals surface area contributed by atoms with Gasteiger partial charge >= 0.3 is 0 Å². The van der Waals surface area contributed by atoms with Gasteiger partial charge in [0.05, 0.1) is 17.6 Å². The second-order valence-corrected chi connectivity index (χ2v) is 9.09. The number of aromatic nitrogens is 2. The van der Waals surface area contributed by atoms with Crippen molar-refractivity contribution in [3.63, 3.8) is 0 Å². The number of rotatable bonds is 4. The Morgan fingerprint density at radius 3 is 2.38 bits per heavy atom. The van der Waals surface area contributed by atoms with Gasteiger partial charge in [-0.2, -0.15) is 5.10 Å². The van der Waals surface area contributed by atoms with Crippen molar-refractivity contribution < 1.29 is 4.79 Å². The SMILES string of the molecule is CCn1ncc(NC(=S)NNC(=O)CC23CC4CC(CC(C4)C2)C3)c1C. The van der Waals surface area contributed by atoms with Crippen LogP contribution >= 0.6 is 12.2 Å². The number of thiocarbonyl (C=S) groups is 1. The molecule has 3 N–H and O–H groups in total. The van der Waals surface area contributed by atoms with Gasteiger partial charge in [0.2, 0.25) is 5.91 Å². The van der Waals surface area contributed by atoms with E-state index in [1.54, 1.807) is 6.20 Å². The molecule has 0 aliphatic heterocycles. The maximum Gasteiger partial charge on any atom is 0.238 e. The van der Waals surface area contributed by atoms with Crippen LogP contribution in [0.1, 0.15) is 57.6 Å². The van der Waals surface area contributed by atoms with Crippen molar-refractivity contribution >= 4 is 28.9 Å². The summed E-state index contributed by atoms with van der Waals surface area (Å²) >= 11 is 5.30. The monoisotopic (exact) mass is 375 g/mol. The molecule has 0 atom stereocenters. The highest BCUT2D eigenvalue weighted by molar-refractivity contribution is 7.80. The van der Waals surface area contributed by atoms with Crippen molar-refractivity contribution in [1.29, 1.82) is 0 Å². The first-order valence-electron chi connectivity index (χ1n) is 9.84. The average Bonchev–Trinajstić information content (AvgIpc) is 2.91. The quantitative estimate of drug-likeness (QED) is 0.557. The number of carbonyl (C=O) groups is 1. The molecule has 4 saturated carbocycles. The summed E-state index contributed by atoms with van der Waals surface area (Å²) in [6, 6.07) is 0. The molecule has 4 bridgehead atoms. The van der Waals surface area contributed by atoms with Gasteiger partial charge in [-0.25, -0.2) is 0 Å². The number of hydrogen-bond donors (Lipinski definition) is 3. The summed E-state index contributed by atoms with van der Waals surface area (Å²) in [7, 11) is 0. The Morgan fingerprint density at radius 2 is 1.85 bits per heavy atom. The van der Waals surface area contributed by atoms with E-state index in [1.165, 1.54) is 38.5 Å². The highest BCUT2D eigenvalue weighted by atomic mass is 32.1. The maximum absolute atomic E-state index is 12.5. The predicted molar refractivity (Wildman–Crippen MR) is 105 cm³/mol. The van der Waals surface area contributed by atoms with Crippen LogP contribution in [0.4, 0.5) is 5.69 Å². The topological polar surface area (TPSA) is 71.0 Å². The lowest BCUT2D eigenvalue weighted by molar-refractivity contribution is -0.129. The summed E-state index contributed by atoms with van der Waals surface area (Å²) in [5.41, 5.74) is 7.78. The second-order valence-electron chi connectivity index (χ2n) is 8.68. The Balaban J connectivity index is 1.27. The zero-order chi connectivity index (χ0) is 18.3. The fourth-order valence-corrected chi connectivity index (χ4v) is 6.22. The van der Waals surface area contributed by atoms with Crippen LogP contribution in [0.2, 0.25) is 0 Å². The standard InChI is InChI=1S/C19H29N5OS/c1-3-24-12(2)16(11-20-24)21-18(26)23-22-17(25)10-19-7-13-4-14(8-19)6-15(5-13)9-19/h11,13-15H,3-10H2,1-2H3,(H,22,25)(H2,21,23,26). The Labute approximate surface area is 160 Å². The zero-order valence-corrected chi connectivity index (χ0v) is 16.5. The molecular weight excluding hydrogens is 346 g/mol. The van der Waals surface area contributed by atoms with Crippen LogP contribution in [0.5, 0.6) is 0 Å². The molecule has 6 nitrogen and oxygen atoms in total. The molecule has 1 aromatic heterocycles. The largest absolute Gasteiger partial charge is 0.329 e. The Hall–Kier alpha value is -1.63. The number of aryl methyl sites for hydroxylation is 1. The lowest BCUT2D eigenvalue weighted by atomic mass is 9.49. The number of hydrogen-bond acceptors (Lipinski definition) is 3. The molecule has 0 saturated heterocycles. The molecule has 0 spiro atoms. The minimum atomic E-state index is 0.0528. The van der Waals surface area contributed by atoms with E-state index in [1.807, 2.05) is 18.5 Å². The van der Waals surface area contributed by atoms with Gasteiger partial charge < -0.3 is 5.32 Å². The third kappa shape index (κ3) is 3.46. The summed E-state index contributed by atoms with van der Waals surface area (Å²) in [6.45, 7) is 4.85. The first-order valence-corrected chi connectivity index (χ1v) is 10.3. The number of carbonyl (C=O) groups excluding carboxylic acids is 1. The molecule has 4 aliphatic carbocycles. The fraction of sp³-hybridized carbons (Fsp3) is 0.737. The fourth-order valence-electron chi connectivity index (χ4n) is 6.06. The lowest BCUT2D eigenvalue weighted by Gasteiger charge is -2.56. The minimum Gasteiger partial charge on any atom is -0.329 e. The number of nitrogens with one attached hydrogen (secondary N) is 3. The van der Waals surface area contributed by atoms with Crippen molar-refractivity contribution in [1.82, 2.24) is 20.6 Å². The molecule has 7 heteroatoms. The molecule has 1 aromatic rings. The van der Waals surface area contributed by atoms with Gasteiger partial charge in [-0.15, -0.1) is 0 Å². The van der Waals surface area contributed by atoms with Crippen LogP contribution in [0.3, 0.4) is 0 Å². The summed E-state index contributed by atoms with van der Waals surface area (Å²) < 4.78 is 1.90. The van der Waals surface area contributed by atoms with E-state index in [0.29, 0.717) is 11.5 Å². The van der Waals surface area contributed by atoms with E-state index < -0.39 is 0 Å². The van der Waals surface area contributed by atoms with Crippen molar-refractivity contribution in [2.75, 3.05) is 5.32 Å². The second kappa shape index (κ2) is 6.83. The summed E-state index contributed by atoms with van der Waals surface area (Å²) in [4.78, 5) is 12.5. The summed E-state index contributed by atoms with van der Waals surface area (Å²) in [6.07, 6.45) is 10.3. The molecule has 142 valence electrons. The number of amides is 1. The zero-order valence-electron chi connectivity index (χ0n) is 15.7. The molecule has 5 rings (SSSR count). The van der Waals surface area contributed by atoms with Crippen LogP contribution in [-0.2, 0) is 11.3 Å². The Bertz CT molecular complexity index is 677. The van der Waals surface area contributed by atoms with Crippen molar-refractivity contribution in [3.8, 4) is 0 Å². The highest BCUT2D eigenvalue weighted by Gasteiger charge is 2.51. The van der Waals surface area contributed by atoms with Crippen molar-refractivity contribution in [3.05, 3.63) is 11.9 Å². The van der Waals surface area contributed by atoms with E-state index in [2.05, 4.69) is 21.3 Å². The van der Waals surface area contributed by atoms with Gasteiger partial charge in [0, 0.05) is 13.0 Å². The number of nitrogens with zero attached hydrogens (tertiary/aromatic N) is 2. The van der Waals surface area contributed by atoms with Crippen LogP contribution in [0.15, 0.2) is 6.20 Å². The lowest BCUT2D eigenvalue weighted by Crippen LogP contribution is -2.50. The van der Waals surface area contributed by atoms with E-state index in [9.17, 15) is 4.79 Å². The smallest absolute Gasteiger partial charge is 0.238 e. The van der Waals surface area contributed by atoms with E-state index in [0.717, 1.165) is 35.7 Å². The van der Waals surface area contributed by atoms with Crippen molar-refractivity contribution in [2.45, 2.75) is 65.3 Å². The average molecular weight is 376 g/mol. The molecular formula is C19H29N5OS. The first kappa shape index (κ1) is 17.8. The number of anilines is 1. The van der Waals surface area contributed by atoms with Gasteiger partial charge in [0.1, 0.15) is 0 Å². The molecule has 0 radical (unpaired) electrons. The van der Waals surface area contributed by atoms with Gasteiger partial charge in [0.15, 0.2) is 5.11 Å². The van der Waals surface area contributed by atoms with E-state index in [4.69, 9.17) is 12.2 Å². The summed E-state index contributed by atoms with van der Waals surface area (Å²) in [5, 5.41) is 7.78. The normalized spacial score (nSPS) is 31.7. The molecule has 0 unspecified atom stereocenters. The molecule has 4 aliphatic rings. The molecule has 4 fully saturated rings. The van der Waals surface area contributed by atoms with Crippen LogP contribution < -0.4 is 16.2 Å². The van der Waals surface area contributed by atoms with Crippen LogP contribution in [0, 0.1) is 30.1 Å². The minimum absolute atomic E-state index is 0.0528. The number of hydrazine groups is 1. The molecule has 1 amide bonds. The van der Waals surface area contributed by atoms with Gasteiger partial charge in [-0.3, -0.25) is 20.3 Å². The molecule has 1 heterocycles. The predicted octanol–water partition coefficient (Wildman–Crippen LogP) is 3.14. The third-order valence-electron chi connectivity index (χ3n) is 6.67. The highest BCUT2D eigenvalue weighted by Crippen LogP contribution is 2.61. The van der Waals surface area contributed by atoms with Crippen molar-refractivity contribution in [2.24, 2.45) is 23.2 Å². The Morgan fingerprint density at radius 1 is 1.23 bits per heavy atom. The van der Waals surface area contributed by atoms with Crippen LogP contribution in [0.25, 0.3) is 0 Å².